The fourth-order valence-corrected chi connectivity index (χ4v) is 3.12. The van der Waals surface area contributed by atoms with E-state index in [4.69, 9.17) is 14.2 Å². The molecule has 0 bridgehead atoms. The monoisotopic (exact) mass is 377 g/mol. The lowest BCUT2D eigenvalue weighted by molar-refractivity contribution is -0.144. The minimum atomic E-state index is -0.760. The fourth-order valence-electron chi connectivity index (χ4n) is 3.12. The molecule has 0 saturated carbocycles. The Bertz CT molecular complexity index is 675. The molecule has 0 aromatic heterocycles. The van der Waals surface area contributed by atoms with Crippen LogP contribution < -0.4 is 0 Å². The Labute approximate surface area is 161 Å². The van der Waals surface area contributed by atoms with Crippen molar-refractivity contribution in [3.63, 3.8) is 0 Å². The molecule has 1 aromatic rings. The number of benzene rings is 1. The first-order valence-electron chi connectivity index (χ1n) is 9.39. The maximum atomic E-state index is 12.8. The van der Waals surface area contributed by atoms with Crippen LogP contribution in [0.5, 0.6) is 0 Å². The number of hydrogen-bond donors (Lipinski definition) is 0. The highest BCUT2D eigenvalue weighted by atomic mass is 16.6. The van der Waals surface area contributed by atoms with Gasteiger partial charge in [0, 0.05) is 0 Å². The third-order valence-electron chi connectivity index (χ3n) is 4.54. The minimum Gasteiger partial charge on any atom is -0.466 e. The maximum absolute atomic E-state index is 12.8. The normalized spacial score (nSPS) is 20.3. The largest absolute Gasteiger partial charge is 0.466 e. The summed E-state index contributed by atoms with van der Waals surface area (Å²) in [7, 11) is 0. The Hall–Kier alpha value is -2.08. The summed E-state index contributed by atoms with van der Waals surface area (Å²) in [6.07, 6.45) is -0.404. The second-order valence-electron chi connectivity index (χ2n) is 8.26. The van der Waals surface area contributed by atoms with Gasteiger partial charge in [0.15, 0.2) is 0 Å². The highest BCUT2D eigenvalue weighted by molar-refractivity contribution is 5.77. The molecule has 27 heavy (non-hydrogen) atoms. The summed E-state index contributed by atoms with van der Waals surface area (Å²) in [6.45, 7) is 13.6. The van der Waals surface area contributed by atoms with E-state index >= 15 is 0 Å². The predicted octanol–water partition coefficient (Wildman–Crippen LogP) is 4.40. The van der Waals surface area contributed by atoms with Crippen molar-refractivity contribution in [1.29, 1.82) is 0 Å². The molecule has 1 saturated heterocycles. The standard InChI is InChI=1S/C21H31NO5/c1-8-25-18(23)14(2)15-9-11-16(12-10-15)17-13-26-21(6,7)22(17)19(24)27-20(3,4)5/h9-12,14,17H,8,13H2,1-7H3/t14?,17-/m1/s1. The van der Waals surface area contributed by atoms with Crippen LogP contribution in [-0.4, -0.2) is 41.5 Å². The van der Waals surface area contributed by atoms with Crippen LogP contribution in [-0.2, 0) is 19.0 Å². The van der Waals surface area contributed by atoms with Gasteiger partial charge < -0.3 is 14.2 Å². The van der Waals surface area contributed by atoms with E-state index in [1.54, 1.807) is 11.8 Å². The van der Waals surface area contributed by atoms with E-state index in [-0.39, 0.29) is 17.9 Å². The SMILES string of the molecule is CCOC(=O)C(C)c1ccc([C@H]2COC(C)(C)N2C(=O)OC(C)(C)C)cc1. The summed E-state index contributed by atoms with van der Waals surface area (Å²) in [4.78, 5) is 26.3. The van der Waals surface area contributed by atoms with E-state index in [1.807, 2.05) is 65.8 Å². The first-order chi connectivity index (χ1) is 12.5. The number of amides is 1. The molecule has 6 heteroatoms. The first kappa shape index (κ1) is 21.2. The molecule has 2 atom stereocenters. The highest BCUT2D eigenvalue weighted by Crippen LogP contribution is 2.38. The van der Waals surface area contributed by atoms with Crippen molar-refractivity contribution < 1.29 is 23.8 Å². The zero-order valence-electron chi connectivity index (χ0n) is 17.4. The molecule has 1 amide bonds. The third-order valence-corrected chi connectivity index (χ3v) is 4.54. The van der Waals surface area contributed by atoms with E-state index in [2.05, 4.69) is 0 Å². The van der Waals surface area contributed by atoms with Crippen LogP contribution in [0.3, 0.4) is 0 Å². The van der Waals surface area contributed by atoms with Gasteiger partial charge in [-0.15, -0.1) is 0 Å². The van der Waals surface area contributed by atoms with Gasteiger partial charge in [0.25, 0.3) is 0 Å². The molecule has 0 radical (unpaired) electrons. The molecule has 150 valence electrons. The lowest BCUT2D eigenvalue weighted by Gasteiger charge is -2.35. The fraction of sp³-hybridized carbons (Fsp3) is 0.619. The van der Waals surface area contributed by atoms with Crippen molar-refractivity contribution in [2.45, 2.75) is 71.8 Å². The smallest absolute Gasteiger partial charge is 0.413 e. The molecule has 1 aromatic carbocycles. The van der Waals surface area contributed by atoms with E-state index in [0.29, 0.717) is 13.2 Å². The Morgan fingerprint density at radius 2 is 1.85 bits per heavy atom. The van der Waals surface area contributed by atoms with Crippen LogP contribution in [0.2, 0.25) is 0 Å². The minimum absolute atomic E-state index is 0.244. The number of esters is 1. The van der Waals surface area contributed by atoms with E-state index < -0.39 is 17.4 Å². The predicted molar refractivity (Wildman–Crippen MR) is 102 cm³/mol. The molecule has 1 heterocycles. The average molecular weight is 377 g/mol. The van der Waals surface area contributed by atoms with Gasteiger partial charge in [0.2, 0.25) is 0 Å². The van der Waals surface area contributed by atoms with Crippen LogP contribution in [0.15, 0.2) is 24.3 Å². The number of ether oxygens (including phenoxy) is 3. The van der Waals surface area contributed by atoms with Gasteiger partial charge in [0.1, 0.15) is 11.3 Å². The van der Waals surface area contributed by atoms with Crippen LogP contribution in [0, 0.1) is 0 Å². The Balaban J connectivity index is 2.23. The molecule has 0 aliphatic carbocycles. The van der Waals surface area contributed by atoms with Gasteiger partial charge in [-0.1, -0.05) is 24.3 Å². The molecule has 6 nitrogen and oxygen atoms in total. The van der Waals surface area contributed by atoms with Crippen molar-refractivity contribution in [1.82, 2.24) is 4.90 Å². The zero-order valence-corrected chi connectivity index (χ0v) is 17.4. The number of nitrogens with zero attached hydrogens (tertiary/aromatic N) is 1. The summed E-state index contributed by atoms with van der Waals surface area (Å²) < 4.78 is 16.5. The number of carbonyl (C=O) groups excluding carboxylic acids is 2. The average Bonchev–Trinajstić information content (AvgIpc) is 2.88. The van der Waals surface area contributed by atoms with Crippen molar-refractivity contribution in [2.75, 3.05) is 13.2 Å². The second kappa shape index (κ2) is 7.89. The molecule has 1 aliphatic rings. The quantitative estimate of drug-likeness (QED) is 0.728. The van der Waals surface area contributed by atoms with Crippen molar-refractivity contribution in [2.24, 2.45) is 0 Å². The van der Waals surface area contributed by atoms with Gasteiger partial charge >= 0.3 is 12.1 Å². The van der Waals surface area contributed by atoms with Gasteiger partial charge in [-0.2, -0.15) is 0 Å². The molecule has 1 aliphatic heterocycles. The summed E-state index contributed by atoms with van der Waals surface area (Å²) in [5.74, 6) is -0.580. The van der Waals surface area contributed by atoms with Crippen molar-refractivity contribution >= 4 is 12.1 Å². The van der Waals surface area contributed by atoms with E-state index in [1.165, 1.54) is 0 Å². The van der Waals surface area contributed by atoms with Crippen LogP contribution in [0.4, 0.5) is 4.79 Å². The van der Waals surface area contributed by atoms with Crippen molar-refractivity contribution in [3.8, 4) is 0 Å². The summed E-state index contributed by atoms with van der Waals surface area (Å²) >= 11 is 0. The van der Waals surface area contributed by atoms with Gasteiger partial charge in [-0.3, -0.25) is 9.69 Å². The van der Waals surface area contributed by atoms with Crippen LogP contribution in [0.1, 0.15) is 71.6 Å². The maximum Gasteiger partial charge on any atom is 0.413 e. The first-order valence-corrected chi connectivity index (χ1v) is 9.39. The van der Waals surface area contributed by atoms with Gasteiger partial charge in [-0.05, 0) is 59.6 Å². The van der Waals surface area contributed by atoms with Crippen molar-refractivity contribution in [3.05, 3.63) is 35.4 Å². The van der Waals surface area contributed by atoms with Gasteiger partial charge in [0.05, 0.1) is 25.2 Å². The molecule has 1 unspecified atom stereocenters. The summed E-state index contributed by atoms with van der Waals surface area (Å²) in [5.41, 5.74) is 0.466. The molecular formula is C21H31NO5. The van der Waals surface area contributed by atoms with Gasteiger partial charge in [-0.25, -0.2) is 4.79 Å². The Kier molecular flexibility index (Phi) is 6.20. The lowest BCUT2D eigenvalue weighted by Crippen LogP contribution is -2.47. The molecule has 0 spiro atoms. The second-order valence-corrected chi connectivity index (χ2v) is 8.26. The molecule has 2 rings (SSSR count). The summed E-state index contributed by atoms with van der Waals surface area (Å²) in [5, 5.41) is 0. The van der Waals surface area contributed by atoms with Crippen LogP contribution >= 0.6 is 0 Å². The highest BCUT2D eigenvalue weighted by Gasteiger charge is 2.46. The molecular weight excluding hydrogens is 346 g/mol. The third kappa shape index (κ3) is 5.01. The topological polar surface area (TPSA) is 65.1 Å². The Morgan fingerprint density at radius 1 is 1.26 bits per heavy atom. The number of rotatable bonds is 4. The lowest BCUT2D eigenvalue weighted by atomic mass is 9.97. The molecule has 0 N–H and O–H groups in total. The van der Waals surface area contributed by atoms with Crippen LogP contribution in [0.25, 0.3) is 0 Å². The summed E-state index contributed by atoms with van der Waals surface area (Å²) in [6, 6.07) is 7.41. The number of hydrogen-bond acceptors (Lipinski definition) is 5. The van der Waals surface area contributed by atoms with E-state index in [9.17, 15) is 9.59 Å². The molecule has 1 fully saturated rings. The zero-order chi connectivity index (χ0) is 20.4. The van der Waals surface area contributed by atoms with E-state index in [0.717, 1.165) is 11.1 Å². The number of carbonyl (C=O) groups is 2. The Morgan fingerprint density at radius 3 is 2.37 bits per heavy atom.